The summed E-state index contributed by atoms with van der Waals surface area (Å²) in [6, 6.07) is 17.3. The first-order valence-corrected chi connectivity index (χ1v) is 13.0. The number of carbonyl (C=O) groups excluding carboxylic acids is 2. The van der Waals surface area contributed by atoms with Gasteiger partial charge < -0.3 is 4.74 Å². The van der Waals surface area contributed by atoms with Crippen molar-refractivity contribution in [1.29, 1.82) is 0 Å². The van der Waals surface area contributed by atoms with E-state index in [4.69, 9.17) is 14.8 Å². The first kappa shape index (κ1) is 21.1. The molecule has 0 N–H and O–H groups in total. The molecule has 0 spiro atoms. The van der Waals surface area contributed by atoms with E-state index in [9.17, 15) is 9.59 Å². The van der Waals surface area contributed by atoms with Crippen LogP contribution in [0, 0.1) is 24.7 Å². The van der Waals surface area contributed by atoms with Crippen LogP contribution in [0.3, 0.4) is 0 Å². The molecule has 9 nitrogen and oxygen atoms in total. The predicted octanol–water partition coefficient (Wildman–Crippen LogP) is 3.19. The van der Waals surface area contributed by atoms with Gasteiger partial charge in [-0.3, -0.25) is 19.6 Å². The molecule has 3 fully saturated rings. The second kappa shape index (κ2) is 7.50. The summed E-state index contributed by atoms with van der Waals surface area (Å²) >= 11 is 1.35. The van der Waals surface area contributed by atoms with Gasteiger partial charge >= 0.3 is 0 Å². The summed E-state index contributed by atoms with van der Waals surface area (Å²) in [4.78, 5) is 43.3. The summed E-state index contributed by atoms with van der Waals surface area (Å²) in [6.07, 6.45) is 2.47. The van der Waals surface area contributed by atoms with Crippen molar-refractivity contribution in [1.82, 2.24) is 15.0 Å². The van der Waals surface area contributed by atoms with Crippen LogP contribution < -0.4 is 9.91 Å². The maximum absolute atomic E-state index is 13.7. The van der Waals surface area contributed by atoms with Crippen LogP contribution in [-0.2, 0) is 14.3 Å². The van der Waals surface area contributed by atoms with Gasteiger partial charge in [0.2, 0.25) is 11.8 Å². The minimum Gasteiger partial charge on any atom is -0.370 e. The van der Waals surface area contributed by atoms with E-state index in [1.165, 1.54) is 16.2 Å². The van der Waals surface area contributed by atoms with Crippen molar-refractivity contribution < 1.29 is 14.3 Å². The molecule has 182 valence electrons. The number of hydrogen-bond donors (Lipinski definition) is 0. The molecule has 10 heteroatoms. The summed E-state index contributed by atoms with van der Waals surface area (Å²) in [7, 11) is 0. The minimum absolute atomic E-state index is 0.225. The van der Waals surface area contributed by atoms with Gasteiger partial charge in [0.15, 0.2) is 5.13 Å². The highest BCUT2D eigenvalue weighted by Crippen LogP contribution is 2.56. The predicted molar refractivity (Wildman–Crippen MR) is 137 cm³/mol. The Hall–Kier alpha value is -4.02. The largest absolute Gasteiger partial charge is 0.370 e. The zero-order chi connectivity index (χ0) is 24.8. The van der Waals surface area contributed by atoms with Gasteiger partial charge in [0, 0.05) is 11.1 Å². The van der Waals surface area contributed by atoms with Gasteiger partial charge in [-0.25, -0.2) is 14.9 Å². The number of nitrogens with zero attached hydrogens (tertiary/aromatic N) is 6. The number of hydrogen-bond acceptors (Lipinski definition) is 9. The van der Waals surface area contributed by atoms with E-state index in [1.54, 1.807) is 12.4 Å². The summed E-state index contributed by atoms with van der Waals surface area (Å²) < 4.78 is 6.47. The lowest BCUT2D eigenvalue weighted by atomic mass is 9.70. The molecule has 8 rings (SSSR count). The fourth-order valence-corrected chi connectivity index (χ4v) is 7.13. The Bertz CT molecular complexity index is 1640. The Morgan fingerprint density at radius 1 is 0.838 bits per heavy atom. The number of thiazole rings is 1. The maximum atomic E-state index is 13.7. The van der Waals surface area contributed by atoms with Crippen LogP contribution in [-0.4, -0.2) is 50.7 Å². The lowest BCUT2D eigenvalue weighted by Gasteiger charge is -2.32. The van der Waals surface area contributed by atoms with E-state index in [2.05, 4.69) is 9.97 Å². The van der Waals surface area contributed by atoms with Crippen LogP contribution in [0.1, 0.15) is 10.6 Å². The first-order valence-electron chi connectivity index (χ1n) is 12.2. The minimum atomic E-state index is -0.572. The number of aromatic nitrogens is 3. The molecule has 0 saturated carbocycles. The zero-order valence-corrected chi connectivity index (χ0v) is 20.4. The van der Waals surface area contributed by atoms with Gasteiger partial charge in [-0.05, 0) is 31.2 Å². The molecular weight excluding hydrogens is 488 g/mol. The number of fused-ring (bicyclic) bond motifs is 9. The molecule has 4 aliphatic heterocycles. The number of para-hydroxylation sites is 3. The lowest BCUT2D eigenvalue weighted by Crippen LogP contribution is -2.50. The second-order valence-electron chi connectivity index (χ2n) is 9.81. The fourth-order valence-electron chi connectivity index (χ4n) is 6.36. The molecule has 2 bridgehead atoms. The Labute approximate surface area is 215 Å². The van der Waals surface area contributed by atoms with E-state index >= 15 is 0 Å². The number of imide groups is 1. The average Bonchev–Trinajstić information content (AvgIpc) is 3.72. The average molecular weight is 509 g/mol. The molecule has 0 radical (unpaired) electrons. The molecule has 6 atom stereocenters. The van der Waals surface area contributed by atoms with Crippen molar-refractivity contribution in [3.8, 4) is 0 Å². The number of benzene rings is 2. The molecule has 0 aliphatic carbocycles. The van der Waals surface area contributed by atoms with Crippen LogP contribution in [0.2, 0.25) is 0 Å². The van der Waals surface area contributed by atoms with Gasteiger partial charge in [-0.1, -0.05) is 30.3 Å². The fraction of sp³-hybridized carbons (Fsp3) is 0.259. The van der Waals surface area contributed by atoms with E-state index in [0.29, 0.717) is 10.8 Å². The third-order valence-corrected chi connectivity index (χ3v) is 8.72. The van der Waals surface area contributed by atoms with Gasteiger partial charge in [0.25, 0.3) is 0 Å². The Morgan fingerprint density at radius 3 is 2.32 bits per heavy atom. The van der Waals surface area contributed by atoms with E-state index in [0.717, 1.165) is 27.3 Å². The first-order chi connectivity index (χ1) is 18.1. The summed E-state index contributed by atoms with van der Waals surface area (Å²) in [6.45, 7) is 1.91. The van der Waals surface area contributed by atoms with E-state index < -0.39 is 24.0 Å². The standard InChI is InChI=1S/C27H20N6O3S/c1-13-11-29-27(37-13)32-25(34)18-19(26(32)35)24-22-20(23(18)36-24)21(31-33(22)14-7-3-2-4-8-14)17-12-28-15-9-5-6-10-16(15)30-17/h2-12,18-20,22-24H,1H3/t18-,19+,20+,22-,23-,24+/m1/s1. The Kier molecular flexibility index (Phi) is 4.28. The van der Waals surface area contributed by atoms with Crippen LogP contribution in [0.4, 0.5) is 10.8 Å². The summed E-state index contributed by atoms with van der Waals surface area (Å²) in [5, 5.41) is 7.42. The zero-order valence-electron chi connectivity index (χ0n) is 19.6. The van der Waals surface area contributed by atoms with Crippen molar-refractivity contribution in [2.75, 3.05) is 9.91 Å². The molecule has 37 heavy (non-hydrogen) atoms. The molecule has 2 aromatic carbocycles. The Morgan fingerprint density at radius 2 is 1.57 bits per heavy atom. The molecule has 0 unspecified atom stereocenters. The topological polar surface area (TPSA) is 101 Å². The molecule has 3 saturated heterocycles. The van der Waals surface area contributed by atoms with Crippen molar-refractivity contribution in [3.05, 3.63) is 77.6 Å². The van der Waals surface area contributed by atoms with Crippen LogP contribution in [0.25, 0.3) is 11.0 Å². The van der Waals surface area contributed by atoms with Gasteiger partial charge in [-0.15, -0.1) is 11.3 Å². The third kappa shape index (κ3) is 2.82. The van der Waals surface area contributed by atoms with Gasteiger partial charge in [0.05, 0.1) is 64.6 Å². The van der Waals surface area contributed by atoms with Crippen molar-refractivity contribution in [3.63, 3.8) is 0 Å². The molecule has 6 heterocycles. The molecule has 4 aromatic rings. The monoisotopic (exact) mass is 508 g/mol. The maximum Gasteiger partial charge on any atom is 0.242 e. The van der Waals surface area contributed by atoms with Crippen LogP contribution in [0.15, 0.2) is 72.1 Å². The van der Waals surface area contributed by atoms with Crippen molar-refractivity contribution in [2.45, 2.75) is 25.2 Å². The van der Waals surface area contributed by atoms with Crippen molar-refractivity contribution >= 4 is 50.7 Å². The SMILES string of the molecule is Cc1cnc(N2C(=O)[C@@H]3[C@@H]4O[C@@H]([C@H]5C(c6cnc7ccccc7n6)=NN(c6ccccc6)[C@@H]45)[C@@H]3C2=O)s1. The highest BCUT2D eigenvalue weighted by Gasteiger charge is 2.72. The van der Waals surface area contributed by atoms with Crippen LogP contribution >= 0.6 is 11.3 Å². The number of rotatable bonds is 3. The normalized spacial score (nSPS) is 29.8. The lowest BCUT2D eigenvalue weighted by molar-refractivity contribution is -0.125. The van der Waals surface area contributed by atoms with E-state index in [-0.39, 0.29) is 23.8 Å². The smallest absolute Gasteiger partial charge is 0.242 e. The van der Waals surface area contributed by atoms with Crippen molar-refractivity contribution in [2.24, 2.45) is 22.9 Å². The number of carbonyl (C=O) groups is 2. The second-order valence-corrected chi connectivity index (χ2v) is 11.0. The number of amides is 2. The molecular formula is C27H20N6O3S. The molecule has 2 amide bonds. The summed E-state index contributed by atoms with van der Waals surface area (Å²) in [5.74, 6) is -1.83. The quantitative estimate of drug-likeness (QED) is 0.392. The van der Waals surface area contributed by atoms with E-state index in [1.807, 2.05) is 66.5 Å². The molecule has 4 aliphatic rings. The summed E-state index contributed by atoms with van der Waals surface area (Å²) in [5.41, 5.74) is 3.87. The van der Waals surface area contributed by atoms with Gasteiger partial charge in [-0.2, -0.15) is 5.10 Å². The Balaban J connectivity index is 1.25. The highest BCUT2D eigenvalue weighted by molar-refractivity contribution is 7.16. The number of ether oxygens (including phenoxy) is 1. The number of anilines is 2. The highest BCUT2D eigenvalue weighted by atomic mass is 32.1. The molecule has 2 aromatic heterocycles. The third-order valence-electron chi connectivity index (χ3n) is 7.82. The van der Waals surface area contributed by atoms with Crippen LogP contribution in [0.5, 0.6) is 0 Å². The number of aryl methyl sites for hydroxylation is 1. The van der Waals surface area contributed by atoms with Gasteiger partial charge in [0.1, 0.15) is 5.69 Å². The number of hydrazone groups is 1.